The number of nitrogens with zero attached hydrogens (tertiary/aromatic N) is 1. The zero-order valence-corrected chi connectivity index (χ0v) is 11.7. The molecular weight excluding hydrogens is 273 g/mol. The highest BCUT2D eigenvalue weighted by molar-refractivity contribution is 6.42. The maximum atomic E-state index is 12.1. The number of ether oxygens (including phenoxy) is 1. The second-order valence-corrected chi connectivity index (χ2v) is 5.19. The summed E-state index contributed by atoms with van der Waals surface area (Å²) in [4.78, 5) is 13.7. The lowest BCUT2D eigenvalue weighted by Crippen LogP contribution is -2.35. The van der Waals surface area contributed by atoms with E-state index in [1.54, 1.807) is 18.0 Å². The molecule has 0 radical (unpaired) electrons. The van der Waals surface area contributed by atoms with Gasteiger partial charge in [-0.05, 0) is 24.5 Å². The fourth-order valence-electron chi connectivity index (χ4n) is 2.02. The van der Waals surface area contributed by atoms with Gasteiger partial charge >= 0.3 is 0 Å². The first-order valence-electron chi connectivity index (χ1n) is 5.89. The number of carbonyl (C=O) groups excluding carboxylic acids is 1. The molecular formula is C13H15Cl2NO2. The Morgan fingerprint density at radius 2 is 2.28 bits per heavy atom. The number of rotatable bonds is 3. The molecule has 0 aromatic heterocycles. The van der Waals surface area contributed by atoms with Crippen LogP contribution in [-0.2, 0) is 16.1 Å². The van der Waals surface area contributed by atoms with Gasteiger partial charge < -0.3 is 9.64 Å². The Morgan fingerprint density at radius 1 is 1.50 bits per heavy atom. The molecule has 1 aliphatic rings. The van der Waals surface area contributed by atoms with E-state index in [4.69, 9.17) is 27.9 Å². The lowest BCUT2D eigenvalue weighted by molar-refractivity contribution is -0.140. The largest absolute Gasteiger partial charge is 0.368 e. The summed E-state index contributed by atoms with van der Waals surface area (Å²) in [5.74, 6) is 0.00328. The summed E-state index contributed by atoms with van der Waals surface area (Å²) in [6, 6.07) is 5.43. The van der Waals surface area contributed by atoms with Gasteiger partial charge in [-0.2, -0.15) is 0 Å². The molecule has 0 bridgehead atoms. The van der Waals surface area contributed by atoms with E-state index in [0.717, 1.165) is 18.4 Å². The van der Waals surface area contributed by atoms with Crippen molar-refractivity contribution >= 4 is 29.1 Å². The van der Waals surface area contributed by atoms with Crippen LogP contribution in [0.1, 0.15) is 18.4 Å². The highest BCUT2D eigenvalue weighted by Gasteiger charge is 2.26. The van der Waals surface area contributed by atoms with Crippen LogP contribution in [0.2, 0.25) is 10.0 Å². The van der Waals surface area contributed by atoms with E-state index in [1.807, 2.05) is 12.1 Å². The van der Waals surface area contributed by atoms with Crippen LogP contribution in [0.15, 0.2) is 18.2 Å². The molecule has 1 aromatic carbocycles. The average Bonchev–Trinajstić information content (AvgIpc) is 2.87. The molecule has 1 amide bonds. The number of amides is 1. The third-order valence-electron chi connectivity index (χ3n) is 3.02. The summed E-state index contributed by atoms with van der Waals surface area (Å²) in [5, 5.41) is 1.01. The summed E-state index contributed by atoms with van der Waals surface area (Å²) < 4.78 is 5.38. The second-order valence-electron chi connectivity index (χ2n) is 4.41. The molecule has 0 spiro atoms. The normalized spacial score (nSPS) is 18.9. The van der Waals surface area contributed by atoms with Gasteiger partial charge in [0.05, 0.1) is 10.0 Å². The Balaban J connectivity index is 2.04. The van der Waals surface area contributed by atoms with E-state index in [1.165, 1.54) is 0 Å². The van der Waals surface area contributed by atoms with Gasteiger partial charge in [0.15, 0.2) is 0 Å². The molecule has 1 aliphatic heterocycles. The monoisotopic (exact) mass is 287 g/mol. The van der Waals surface area contributed by atoms with Crippen molar-refractivity contribution in [2.75, 3.05) is 13.7 Å². The van der Waals surface area contributed by atoms with Crippen LogP contribution in [-0.4, -0.2) is 30.6 Å². The zero-order valence-electron chi connectivity index (χ0n) is 10.2. The van der Waals surface area contributed by atoms with Crippen LogP contribution in [0, 0.1) is 0 Å². The molecule has 1 aromatic rings. The molecule has 1 unspecified atom stereocenters. The van der Waals surface area contributed by atoms with Crippen molar-refractivity contribution in [1.29, 1.82) is 0 Å². The lowest BCUT2D eigenvalue weighted by atomic mass is 10.2. The quantitative estimate of drug-likeness (QED) is 0.855. The Hall–Kier alpha value is -0.770. The zero-order chi connectivity index (χ0) is 13.1. The third-order valence-corrected chi connectivity index (χ3v) is 3.88. The summed E-state index contributed by atoms with van der Waals surface area (Å²) in [6.45, 7) is 1.11. The number of likely N-dealkylation sites (N-methyl/N-ethyl adjacent to an activating group) is 1. The molecule has 5 heteroatoms. The van der Waals surface area contributed by atoms with E-state index in [0.29, 0.717) is 23.2 Å². The van der Waals surface area contributed by atoms with Crippen LogP contribution >= 0.6 is 23.2 Å². The van der Waals surface area contributed by atoms with E-state index >= 15 is 0 Å². The van der Waals surface area contributed by atoms with Gasteiger partial charge in [-0.25, -0.2) is 0 Å². The molecule has 98 valence electrons. The summed E-state index contributed by atoms with van der Waals surface area (Å²) in [6.07, 6.45) is 1.45. The van der Waals surface area contributed by atoms with Gasteiger partial charge in [-0.3, -0.25) is 4.79 Å². The van der Waals surface area contributed by atoms with Crippen molar-refractivity contribution < 1.29 is 9.53 Å². The minimum absolute atomic E-state index is 0.00328. The van der Waals surface area contributed by atoms with Crippen molar-refractivity contribution in [3.05, 3.63) is 33.8 Å². The van der Waals surface area contributed by atoms with Crippen LogP contribution in [0.4, 0.5) is 0 Å². The number of hydrogen-bond donors (Lipinski definition) is 0. The third kappa shape index (κ3) is 2.97. The van der Waals surface area contributed by atoms with Crippen molar-refractivity contribution in [1.82, 2.24) is 4.90 Å². The smallest absolute Gasteiger partial charge is 0.251 e. The van der Waals surface area contributed by atoms with Gasteiger partial charge in [0.25, 0.3) is 5.91 Å². The van der Waals surface area contributed by atoms with Crippen molar-refractivity contribution in [2.24, 2.45) is 0 Å². The van der Waals surface area contributed by atoms with E-state index < -0.39 is 0 Å². The van der Waals surface area contributed by atoms with Crippen molar-refractivity contribution in [3.8, 4) is 0 Å². The van der Waals surface area contributed by atoms with Gasteiger partial charge in [0, 0.05) is 20.2 Å². The minimum Gasteiger partial charge on any atom is -0.368 e. The molecule has 18 heavy (non-hydrogen) atoms. The van der Waals surface area contributed by atoms with Crippen LogP contribution < -0.4 is 0 Å². The predicted octanol–water partition coefficient (Wildman–Crippen LogP) is 3.13. The molecule has 1 saturated heterocycles. The number of hydrogen-bond acceptors (Lipinski definition) is 2. The second kappa shape index (κ2) is 5.91. The van der Waals surface area contributed by atoms with Crippen molar-refractivity contribution in [2.45, 2.75) is 25.5 Å². The standard InChI is InChI=1S/C13H15Cl2NO2/c1-16(13(17)11-6-3-7-18-11)8-9-4-2-5-10(14)12(9)15/h2,4-5,11H,3,6-8H2,1H3. The fourth-order valence-corrected chi connectivity index (χ4v) is 2.40. The Kier molecular flexibility index (Phi) is 4.49. The van der Waals surface area contributed by atoms with Gasteiger partial charge in [-0.15, -0.1) is 0 Å². The number of halogens is 2. The highest BCUT2D eigenvalue weighted by Crippen LogP contribution is 2.26. The predicted molar refractivity (Wildman–Crippen MR) is 71.9 cm³/mol. The fraction of sp³-hybridized carbons (Fsp3) is 0.462. The minimum atomic E-state index is -0.298. The van der Waals surface area contributed by atoms with Crippen LogP contribution in [0.5, 0.6) is 0 Å². The van der Waals surface area contributed by atoms with Crippen LogP contribution in [0.3, 0.4) is 0 Å². The Morgan fingerprint density at radius 3 is 2.94 bits per heavy atom. The maximum absolute atomic E-state index is 12.1. The lowest BCUT2D eigenvalue weighted by Gasteiger charge is -2.21. The van der Waals surface area contributed by atoms with Crippen molar-refractivity contribution in [3.63, 3.8) is 0 Å². The average molecular weight is 288 g/mol. The van der Waals surface area contributed by atoms with E-state index in [2.05, 4.69) is 0 Å². The molecule has 1 fully saturated rings. The maximum Gasteiger partial charge on any atom is 0.251 e. The topological polar surface area (TPSA) is 29.5 Å². The van der Waals surface area contributed by atoms with Gasteiger partial charge in [0.2, 0.25) is 0 Å². The first-order chi connectivity index (χ1) is 8.59. The first kappa shape index (κ1) is 13.7. The first-order valence-corrected chi connectivity index (χ1v) is 6.64. The molecule has 1 atom stereocenters. The molecule has 0 aliphatic carbocycles. The molecule has 2 rings (SSSR count). The van der Waals surface area contributed by atoms with Gasteiger partial charge in [-0.1, -0.05) is 35.3 Å². The van der Waals surface area contributed by atoms with Gasteiger partial charge in [0.1, 0.15) is 6.10 Å². The van der Waals surface area contributed by atoms with Crippen LogP contribution in [0.25, 0.3) is 0 Å². The SMILES string of the molecule is CN(Cc1cccc(Cl)c1Cl)C(=O)C1CCCO1. The molecule has 3 nitrogen and oxygen atoms in total. The Bertz CT molecular complexity index is 445. The summed E-state index contributed by atoms with van der Waals surface area (Å²) >= 11 is 12.0. The Labute approximate surface area is 117 Å². The molecule has 1 heterocycles. The highest BCUT2D eigenvalue weighted by atomic mass is 35.5. The van der Waals surface area contributed by atoms with E-state index in [-0.39, 0.29) is 12.0 Å². The number of carbonyl (C=O) groups is 1. The summed E-state index contributed by atoms with van der Waals surface area (Å²) in [5.41, 5.74) is 0.845. The summed E-state index contributed by atoms with van der Waals surface area (Å²) in [7, 11) is 1.75. The molecule has 0 N–H and O–H groups in total. The number of benzene rings is 1. The van der Waals surface area contributed by atoms with E-state index in [9.17, 15) is 4.79 Å². The molecule has 0 saturated carbocycles.